The lowest BCUT2D eigenvalue weighted by molar-refractivity contribution is -0.141. The fraction of sp³-hybridized carbons (Fsp3) is 0.500. The Morgan fingerprint density at radius 2 is 2.12 bits per heavy atom. The maximum atomic E-state index is 13.8. The van der Waals surface area contributed by atoms with Gasteiger partial charge in [0.2, 0.25) is 0 Å². The van der Waals surface area contributed by atoms with Gasteiger partial charge >= 0.3 is 5.97 Å². The summed E-state index contributed by atoms with van der Waals surface area (Å²) in [5, 5.41) is 0.137. The Hall–Kier alpha value is -1.67. The van der Waals surface area contributed by atoms with Crippen LogP contribution in [-0.4, -0.2) is 55.4 Å². The summed E-state index contributed by atoms with van der Waals surface area (Å²) in [7, 11) is -3.15. The molecule has 2 atom stereocenters. The molecule has 1 saturated heterocycles. The third kappa shape index (κ3) is 4.70. The predicted octanol–water partition coefficient (Wildman–Crippen LogP) is 2.06. The van der Waals surface area contributed by atoms with Gasteiger partial charge in [-0.3, -0.25) is 4.79 Å². The highest BCUT2D eigenvalue weighted by atomic mass is 35.5. The second-order valence-corrected chi connectivity index (χ2v) is 8.52. The highest BCUT2D eigenvalue weighted by molar-refractivity contribution is 7.91. The van der Waals surface area contributed by atoms with Gasteiger partial charge in [0.25, 0.3) is 5.91 Å². The Morgan fingerprint density at radius 3 is 2.64 bits per heavy atom. The molecule has 0 spiro atoms. The van der Waals surface area contributed by atoms with E-state index in [1.54, 1.807) is 6.92 Å². The standard InChI is InChI=1S/C16H19ClFNO5S/c1-3-19(12-6-7-25(22,23)9-12)15(20)10(2)24-16(21)13-5-4-11(17)8-14(13)18/h4-5,8,10,12H,3,6-7,9H2,1-2H3/t10-,12+/m0/s1. The molecule has 1 fully saturated rings. The largest absolute Gasteiger partial charge is 0.449 e. The van der Waals surface area contributed by atoms with Crippen LogP contribution in [-0.2, 0) is 19.4 Å². The van der Waals surface area contributed by atoms with Crippen LogP contribution in [0.5, 0.6) is 0 Å². The molecule has 1 amide bonds. The smallest absolute Gasteiger partial charge is 0.341 e. The first kappa shape index (κ1) is 19.7. The van der Waals surface area contributed by atoms with Crippen molar-refractivity contribution in [1.29, 1.82) is 0 Å². The third-order valence-electron chi connectivity index (χ3n) is 4.06. The molecule has 0 bridgehead atoms. The predicted molar refractivity (Wildman–Crippen MR) is 90.7 cm³/mol. The zero-order valence-corrected chi connectivity index (χ0v) is 15.4. The van der Waals surface area contributed by atoms with Gasteiger partial charge in [-0.2, -0.15) is 0 Å². The van der Waals surface area contributed by atoms with Crippen LogP contribution in [0.1, 0.15) is 30.6 Å². The number of amides is 1. The molecule has 1 aliphatic rings. The molecule has 1 heterocycles. The molecule has 1 aromatic rings. The molecule has 6 nitrogen and oxygen atoms in total. The lowest BCUT2D eigenvalue weighted by atomic mass is 10.2. The Kier molecular flexibility index (Phi) is 6.05. The summed E-state index contributed by atoms with van der Waals surface area (Å²) in [4.78, 5) is 26.0. The maximum absolute atomic E-state index is 13.8. The number of likely N-dealkylation sites (N-methyl/N-ethyl adjacent to an activating group) is 1. The van der Waals surface area contributed by atoms with Gasteiger partial charge in [0.05, 0.1) is 17.1 Å². The molecule has 25 heavy (non-hydrogen) atoms. The number of rotatable bonds is 5. The number of nitrogens with zero attached hydrogens (tertiary/aromatic N) is 1. The van der Waals surface area contributed by atoms with Crippen molar-refractivity contribution in [2.75, 3.05) is 18.1 Å². The van der Waals surface area contributed by atoms with Gasteiger partial charge < -0.3 is 9.64 Å². The van der Waals surface area contributed by atoms with Gasteiger partial charge in [-0.15, -0.1) is 0 Å². The van der Waals surface area contributed by atoms with E-state index in [1.165, 1.54) is 24.0 Å². The van der Waals surface area contributed by atoms with Crippen LogP contribution < -0.4 is 0 Å². The van der Waals surface area contributed by atoms with Crippen LogP contribution >= 0.6 is 11.6 Å². The molecule has 9 heteroatoms. The van der Waals surface area contributed by atoms with Crippen LogP contribution in [0.4, 0.5) is 4.39 Å². The van der Waals surface area contributed by atoms with Crippen LogP contribution in [0.3, 0.4) is 0 Å². The Morgan fingerprint density at radius 1 is 1.44 bits per heavy atom. The quantitative estimate of drug-likeness (QED) is 0.718. The fourth-order valence-electron chi connectivity index (χ4n) is 2.78. The summed E-state index contributed by atoms with van der Waals surface area (Å²) in [6.45, 7) is 3.38. The lowest BCUT2D eigenvalue weighted by Crippen LogP contribution is -2.46. The van der Waals surface area contributed by atoms with Crippen LogP contribution in [0.25, 0.3) is 0 Å². The number of sulfone groups is 1. The second-order valence-electron chi connectivity index (χ2n) is 5.85. The highest BCUT2D eigenvalue weighted by Crippen LogP contribution is 2.20. The normalized spacial score (nSPS) is 20.1. The fourth-order valence-corrected chi connectivity index (χ4v) is 4.67. The maximum Gasteiger partial charge on any atom is 0.341 e. The molecule has 1 aromatic carbocycles. The molecule has 0 N–H and O–H groups in total. The number of halogens is 2. The molecule has 0 aliphatic carbocycles. The zero-order chi connectivity index (χ0) is 18.8. The molecule has 1 aliphatic heterocycles. The minimum Gasteiger partial charge on any atom is -0.449 e. The van der Waals surface area contributed by atoms with Gasteiger partial charge in [0.1, 0.15) is 5.82 Å². The van der Waals surface area contributed by atoms with E-state index in [-0.39, 0.29) is 28.6 Å². The number of esters is 1. The molecule has 138 valence electrons. The minimum absolute atomic E-state index is 0.0333. The zero-order valence-electron chi connectivity index (χ0n) is 13.9. The van der Waals surface area contributed by atoms with E-state index >= 15 is 0 Å². The van der Waals surface area contributed by atoms with Crippen molar-refractivity contribution in [3.63, 3.8) is 0 Å². The van der Waals surface area contributed by atoms with Crippen LogP contribution in [0.2, 0.25) is 5.02 Å². The van der Waals surface area contributed by atoms with Gasteiger partial charge in [0.15, 0.2) is 15.9 Å². The van der Waals surface area contributed by atoms with E-state index in [9.17, 15) is 22.4 Å². The number of carbonyl (C=O) groups excluding carboxylic acids is 2. The van der Waals surface area contributed by atoms with E-state index in [4.69, 9.17) is 16.3 Å². The van der Waals surface area contributed by atoms with Gasteiger partial charge in [0, 0.05) is 17.6 Å². The molecule has 0 aromatic heterocycles. The van der Waals surface area contributed by atoms with Crippen molar-refractivity contribution in [1.82, 2.24) is 4.90 Å². The van der Waals surface area contributed by atoms with Gasteiger partial charge in [-0.05, 0) is 38.5 Å². The topological polar surface area (TPSA) is 80.8 Å². The third-order valence-corrected chi connectivity index (χ3v) is 6.04. The number of hydrogen-bond acceptors (Lipinski definition) is 5. The Labute approximate surface area is 150 Å². The summed E-state index contributed by atoms with van der Waals surface area (Å²) in [5.74, 6) is -2.39. The second kappa shape index (κ2) is 7.70. The Balaban J connectivity index is 2.06. The Bertz CT molecular complexity index is 783. The van der Waals surface area contributed by atoms with Crippen molar-refractivity contribution in [3.8, 4) is 0 Å². The summed E-state index contributed by atoms with van der Waals surface area (Å²) < 4.78 is 42.0. The minimum atomic E-state index is -3.15. The highest BCUT2D eigenvalue weighted by Gasteiger charge is 2.36. The van der Waals surface area contributed by atoms with Crippen molar-refractivity contribution >= 4 is 33.3 Å². The SMILES string of the molecule is CCN(C(=O)[C@H](C)OC(=O)c1ccc(Cl)cc1F)[C@@H]1CCS(=O)(=O)C1. The number of carbonyl (C=O) groups is 2. The van der Waals surface area contributed by atoms with E-state index in [0.29, 0.717) is 6.42 Å². The first-order chi connectivity index (χ1) is 11.6. The van der Waals surface area contributed by atoms with Crippen molar-refractivity contribution in [2.45, 2.75) is 32.4 Å². The van der Waals surface area contributed by atoms with E-state index < -0.39 is 39.7 Å². The first-order valence-electron chi connectivity index (χ1n) is 7.81. The molecule has 0 saturated carbocycles. The lowest BCUT2D eigenvalue weighted by Gasteiger charge is -2.29. The van der Waals surface area contributed by atoms with Crippen molar-refractivity contribution < 1.29 is 27.1 Å². The van der Waals surface area contributed by atoms with E-state index in [1.807, 2.05) is 0 Å². The van der Waals surface area contributed by atoms with Crippen LogP contribution in [0.15, 0.2) is 18.2 Å². The molecule has 0 unspecified atom stereocenters. The molecular formula is C16H19ClFNO5S. The molecule has 2 rings (SSSR count). The summed E-state index contributed by atoms with van der Waals surface area (Å²) in [5.41, 5.74) is -0.324. The van der Waals surface area contributed by atoms with Gasteiger partial charge in [-0.1, -0.05) is 11.6 Å². The average molecular weight is 392 g/mol. The summed E-state index contributed by atoms with van der Waals surface area (Å²) in [6, 6.07) is 3.07. The van der Waals surface area contributed by atoms with E-state index in [0.717, 1.165) is 6.07 Å². The van der Waals surface area contributed by atoms with Crippen molar-refractivity contribution in [3.05, 3.63) is 34.6 Å². The summed E-state index contributed by atoms with van der Waals surface area (Å²) in [6.07, 6.45) is -0.806. The molecular weight excluding hydrogens is 373 g/mol. The number of benzene rings is 1. The number of hydrogen-bond donors (Lipinski definition) is 0. The van der Waals surface area contributed by atoms with E-state index in [2.05, 4.69) is 0 Å². The number of ether oxygens (including phenoxy) is 1. The molecule has 0 radical (unpaired) electrons. The van der Waals surface area contributed by atoms with Crippen molar-refractivity contribution in [2.24, 2.45) is 0 Å². The summed E-state index contributed by atoms with van der Waals surface area (Å²) >= 11 is 5.63. The van der Waals surface area contributed by atoms with Gasteiger partial charge in [-0.25, -0.2) is 17.6 Å². The van der Waals surface area contributed by atoms with Crippen LogP contribution in [0, 0.1) is 5.82 Å². The first-order valence-corrected chi connectivity index (χ1v) is 10.0. The average Bonchev–Trinajstić information content (AvgIpc) is 2.87. The monoisotopic (exact) mass is 391 g/mol.